The number of hydrogen-bond donors (Lipinski definition) is 2. The Labute approximate surface area is 167 Å². The van der Waals surface area contributed by atoms with Gasteiger partial charge in [0.1, 0.15) is 6.04 Å². The largest absolute Gasteiger partial charge is 0.416 e. The number of nitrogens with one attached hydrogen (secondary N) is 1. The number of alkyl halides is 3. The summed E-state index contributed by atoms with van der Waals surface area (Å²) in [5.74, 6) is -0.216. The second kappa shape index (κ2) is 8.92. The van der Waals surface area contributed by atoms with Gasteiger partial charge in [0.25, 0.3) is 5.91 Å². The maximum Gasteiger partial charge on any atom is 0.416 e. The molecule has 0 aliphatic carbocycles. The number of amides is 1. The lowest BCUT2D eigenvalue weighted by molar-refractivity contribution is -0.682. The van der Waals surface area contributed by atoms with Crippen molar-refractivity contribution in [2.45, 2.75) is 19.1 Å². The van der Waals surface area contributed by atoms with Crippen LogP contribution in [0.25, 0.3) is 11.1 Å². The molecule has 3 nitrogen and oxygen atoms in total. The molecule has 0 saturated carbocycles. The lowest BCUT2D eigenvalue weighted by atomic mass is 10.0. The lowest BCUT2D eigenvalue weighted by Crippen LogP contribution is -2.86. The zero-order valence-corrected chi connectivity index (χ0v) is 15.9. The summed E-state index contributed by atoms with van der Waals surface area (Å²) in [6, 6.07) is 22.1. The fourth-order valence-electron chi connectivity index (χ4n) is 3.08. The molecular formula is C23H22F3N2O+. The number of anilines is 1. The van der Waals surface area contributed by atoms with Gasteiger partial charge in [-0.15, -0.1) is 0 Å². The predicted octanol–water partition coefficient (Wildman–Crippen LogP) is 4.64. The van der Waals surface area contributed by atoms with Crippen molar-refractivity contribution in [3.63, 3.8) is 0 Å². The first-order valence-corrected chi connectivity index (χ1v) is 9.29. The van der Waals surface area contributed by atoms with Crippen LogP contribution in [0.3, 0.4) is 0 Å². The Balaban J connectivity index is 1.64. The highest BCUT2D eigenvalue weighted by Gasteiger charge is 2.31. The minimum absolute atomic E-state index is 0.0978. The number of carbonyl (C=O) groups is 1. The van der Waals surface area contributed by atoms with Gasteiger partial charge in [0.15, 0.2) is 6.54 Å². The van der Waals surface area contributed by atoms with E-state index in [4.69, 9.17) is 0 Å². The van der Waals surface area contributed by atoms with Crippen molar-refractivity contribution in [1.29, 1.82) is 0 Å². The van der Waals surface area contributed by atoms with Crippen LogP contribution in [-0.2, 0) is 11.0 Å². The number of carbonyl (C=O) groups excluding carboxylic acids is 1. The normalized spacial score (nSPS) is 12.4. The number of benzene rings is 3. The molecule has 3 rings (SSSR count). The summed E-state index contributed by atoms with van der Waals surface area (Å²) in [4.78, 5) is 12.4. The van der Waals surface area contributed by atoms with E-state index in [9.17, 15) is 18.0 Å². The summed E-state index contributed by atoms with van der Waals surface area (Å²) in [5.41, 5.74) is 2.44. The van der Waals surface area contributed by atoms with Crippen LogP contribution in [0.1, 0.15) is 24.1 Å². The van der Waals surface area contributed by atoms with Crippen molar-refractivity contribution in [2.75, 3.05) is 11.9 Å². The summed E-state index contributed by atoms with van der Waals surface area (Å²) in [6.45, 7) is 1.88. The molecule has 0 spiro atoms. The molecule has 6 heteroatoms. The Hall–Kier alpha value is -3.12. The number of rotatable bonds is 6. The van der Waals surface area contributed by atoms with Crippen LogP contribution in [0, 0.1) is 0 Å². The average molecular weight is 399 g/mol. The smallest absolute Gasteiger partial charge is 0.333 e. The molecule has 0 heterocycles. The molecule has 3 aromatic carbocycles. The Bertz CT molecular complexity index is 971. The topological polar surface area (TPSA) is 45.7 Å². The van der Waals surface area contributed by atoms with Crippen molar-refractivity contribution >= 4 is 11.6 Å². The minimum atomic E-state index is -4.38. The number of nitrogens with two attached hydrogens (primary N) is 1. The number of para-hydroxylation sites is 1. The SMILES string of the molecule is C[C@H]([NH2+]CC(=O)Nc1ccccc1-c1ccccc1)c1cccc(C(F)(F)F)c1. The zero-order chi connectivity index (χ0) is 20.9. The molecular weight excluding hydrogens is 377 g/mol. The van der Waals surface area contributed by atoms with E-state index in [1.807, 2.05) is 54.6 Å². The van der Waals surface area contributed by atoms with Crippen molar-refractivity contribution < 1.29 is 23.3 Å². The molecule has 0 unspecified atom stereocenters. The fraction of sp³-hybridized carbons (Fsp3) is 0.174. The Morgan fingerprint density at radius 1 is 0.966 bits per heavy atom. The van der Waals surface area contributed by atoms with Gasteiger partial charge in [-0.25, -0.2) is 0 Å². The van der Waals surface area contributed by atoms with Crippen LogP contribution in [-0.4, -0.2) is 12.5 Å². The fourth-order valence-corrected chi connectivity index (χ4v) is 3.08. The molecule has 29 heavy (non-hydrogen) atoms. The molecule has 0 bridgehead atoms. The van der Waals surface area contributed by atoms with Crippen LogP contribution < -0.4 is 10.6 Å². The molecule has 0 aliphatic heterocycles. The molecule has 1 amide bonds. The maximum atomic E-state index is 12.9. The Kier molecular flexibility index (Phi) is 6.34. The van der Waals surface area contributed by atoms with E-state index in [0.717, 1.165) is 23.3 Å². The van der Waals surface area contributed by atoms with E-state index in [2.05, 4.69) is 5.32 Å². The van der Waals surface area contributed by atoms with E-state index in [1.165, 1.54) is 6.07 Å². The monoisotopic (exact) mass is 399 g/mol. The summed E-state index contributed by atoms with van der Waals surface area (Å²) >= 11 is 0. The highest BCUT2D eigenvalue weighted by molar-refractivity contribution is 5.95. The Morgan fingerprint density at radius 3 is 2.38 bits per heavy atom. The zero-order valence-electron chi connectivity index (χ0n) is 15.9. The van der Waals surface area contributed by atoms with Gasteiger partial charge >= 0.3 is 6.18 Å². The third-order valence-electron chi connectivity index (χ3n) is 4.68. The van der Waals surface area contributed by atoms with Gasteiger partial charge < -0.3 is 10.6 Å². The van der Waals surface area contributed by atoms with Gasteiger partial charge in [0, 0.05) is 16.8 Å². The van der Waals surface area contributed by atoms with Crippen LogP contribution in [0.5, 0.6) is 0 Å². The van der Waals surface area contributed by atoms with Crippen molar-refractivity contribution in [3.05, 3.63) is 90.0 Å². The van der Waals surface area contributed by atoms with Gasteiger partial charge in [-0.3, -0.25) is 4.79 Å². The van der Waals surface area contributed by atoms with Crippen LogP contribution in [0.15, 0.2) is 78.9 Å². The van der Waals surface area contributed by atoms with Crippen molar-refractivity contribution in [3.8, 4) is 11.1 Å². The maximum absolute atomic E-state index is 12.9. The van der Waals surface area contributed by atoms with Gasteiger partial charge in [-0.1, -0.05) is 60.7 Å². The standard InChI is InChI=1S/C23H21F3N2O/c1-16(18-10-7-11-19(14-18)23(24,25)26)27-15-22(29)28-21-13-6-5-12-20(21)17-8-3-2-4-9-17/h2-14,16,27H,15H2,1H3,(H,28,29)/p+1/t16-/m0/s1. The molecule has 0 aromatic heterocycles. The summed E-state index contributed by atoms with van der Waals surface area (Å²) in [6.07, 6.45) is -4.38. The molecule has 3 N–H and O–H groups in total. The molecule has 1 atom stereocenters. The summed E-state index contributed by atoms with van der Waals surface area (Å²) in [7, 11) is 0. The Morgan fingerprint density at radius 2 is 1.66 bits per heavy atom. The van der Waals surface area contributed by atoms with E-state index in [-0.39, 0.29) is 18.5 Å². The summed E-state index contributed by atoms with van der Waals surface area (Å²) < 4.78 is 38.7. The number of quaternary nitrogens is 1. The molecule has 0 saturated heterocycles. The average Bonchev–Trinajstić information content (AvgIpc) is 2.72. The minimum Gasteiger partial charge on any atom is -0.333 e. The number of hydrogen-bond acceptors (Lipinski definition) is 1. The van der Waals surface area contributed by atoms with E-state index in [0.29, 0.717) is 11.3 Å². The lowest BCUT2D eigenvalue weighted by Gasteiger charge is -2.14. The van der Waals surface area contributed by atoms with E-state index >= 15 is 0 Å². The third-order valence-corrected chi connectivity index (χ3v) is 4.68. The molecule has 3 aromatic rings. The molecule has 0 fully saturated rings. The first-order chi connectivity index (χ1) is 13.8. The quantitative estimate of drug-likeness (QED) is 0.624. The first kappa shape index (κ1) is 20.6. The van der Waals surface area contributed by atoms with Gasteiger partial charge in [-0.2, -0.15) is 13.2 Å². The van der Waals surface area contributed by atoms with Gasteiger partial charge in [0.05, 0.1) is 5.56 Å². The highest BCUT2D eigenvalue weighted by Crippen LogP contribution is 2.30. The van der Waals surface area contributed by atoms with E-state index in [1.54, 1.807) is 18.3 Å². The van der Waals surface area contributed by atoms with Crippen molar-refractivity contribution in [1.82, 2.24) is 0 Å². The molecule has 150 valence electrons. The second-order valence-electron chi connectivity index (χ2n) is 6.81. The van der Waals surface area contributed by atoms with Crippen LogP contribution in [0.4, 0.5) is 18.9 Å². The van der Waals surface area contributed by atoms with Crippen LogP contribution >= 0.6 is 0 Å². The van der Waals surface area contributed by atoms with Gasteiger partial charge in [-0.05, 0) is 30.7 Å². The van der Waals surface area contributed by atoms with Crippen LogP contribution in [0.2, 0.25) is 0 Å². The number of halogens is 3. The first-order valence-electron chi connectivity index (χ1n) is 9.29. The summed E-state index contributed by atoms with van der Waals surface area (Å²) in [5, 5.41) is 4.62. The van der Waals surface area contributed by atoms with Crippen molar-refractivity contribution in [2.24, 2.45) is 0 Å². The highest BCUT2D eigenvalue weighted by atomic mass is 19.4. The molecule has 0 radical (unpaired) electrons. The third kappa shape index (κ3) is 5.45. The molecule has 0 aliphatic rings. The van der Waals surface area contributed by atoms with Gasteiger partial charge in [0.2, 0.25) is 0 Å². The second-order valence-corrected chi connectivity index (χ2v) is 6.81. The predicted molar refractivity (Wildman–Crippen MR) is 107 cm³/mol. The van der Waals surface area contributed by atoms with E-state index < -0.39 is 11.7 Å².